The fraction of sp³-hybridized carbons (Fsp3) is 0.500. The summed E-state index contributed by atoms with van der Waals surface area (Å²) in [4.78, 5) is 0.792. The Balaban J connectivity index is 3.46. The minimum Gasteiger partial charge on any atom is -0.394 e. The van der Waals surface area contributed by atoms with E-state index < -0.39 is 0 Å². The summed E-state index contributed by atoms with van der Waals surface area (Å²) in [5.74, 6) is 0. The predicted molar refractivity (Wildman–Crippen MR) is 25.0 cm³/mol. The topological polar surface area (TPSA) is 71.0 Å². The summed E-state index contributed by atoms with van der Waals surface area (Å²) in [5.41, 5.74) is 0. The summed E-state index contributed by atoms with van der Waals surface area (Å²) in [6, 6.07) is 0. The first-order chi connectivity index (χ1) is 3.85. The van der Waals surface area contributed by atoms with Crippen molar-refractivity contribution in [1.29, 1.82) is 10.5 Å². The lowest BCUT2D eigenvalue weighted by atomic mass is 10.6. The maximum Gasteiger partial charge on any atom is 0.193 e. The molecule has 0 amide bonds. The highest BCUT2D eigenvalue weighted by atomic mass is 16.3. The highest BCUT2D eigenvalue weighted by Gasteiger charge is 1.93. The first kappa shape index (κ1) is 6.74. The number of nitrogens with zero attached hydrogens (tertiary/aromatic N) is 3. The molecule has 0 saturated heterocycles. The Hall–Kier alpha value is -1.26. The van der Waals surface area contributed by atoms with Gasteiger partial charge in [0.25, 0.3) is 0 Å². The number of aliphatic hydroxyl groups excluding tert-OH is 1. The standard InChI is InChI=1S/C4H5N3O/c5-3-7(4-6)1-2-8/h8H,1-2H2. The predicted octanol–water partition coefficient (Wildman–Crippen LogP) is -0.757. The van der Waals surface area contributed by atoms with E-state index in [1.54, 1.807) is 12.4 Å². The molecule has 0 heterocycles. The monoisotopic (exact) mass is 111 g/mol. The number of hydrogen-bond donors (Lipinski definition) is 1. The molecule has 0 atom stereocenters. The molecule has 0 aromatic rings. The van der Waals surface area contributed by atoms with Crippen LogP contribution in [0, 0.1) is 22.9 Å². The largest absolute Gasteiger partial charge is 0.394 e. The second kappa shape index (κ2) is 3.91. The van der Waals surface area contributed by atoms with Gasteiger partial charge < -0.3 is 5.11 Å². The summed E-state index contributed by atoms with van der Waals surface area (Å²) >= 11 is 0. The molecule has 0 spiro atoms. The van der Waals surface area contributed by atoms with E-state index in [-0.39, 0.29) is 13.2 Å². The van der Waals surface area contributed by atoms with E-state index in [0.29, 0.717) is 0 Å². The van der Waals surface area contributed by atoms with Gasteiger partial charge in [-0.15, -0.1) is 0 Å². The summed E-state index contributed by atoms with van der Waals surface area (Å²) < 4.78 is 0. The highest BCUT2D eigenvalue weighted by Crippen LogP contribution is 1.75. The molecule has 4 nitrogen and oxygen atoms in total. The van der Waals surface area contributed by atoms with E-state index in [1.165, 1.54) is 0 Å². The maximum atomic E-state index is 8.16. The number of nitriles is 2. The van der Waals surface area contributed by atoms with Crippen molar-refractivity contribution in [3.8, 4) is 12.4 Å². The van der Waals surface area contributed by atoms with Crippen LogP contribution in [0.2, 0.25) is 0 Å². The quantitative estimate of drug-likeness (QED) is 0.375. The second-order valence-electron chi connectivity index (χ2n) is 1.08. The minimum atomic E-state index is -0.166. The van der Waals surface area contributed by atoms with Gasteiger partial charge in [0.2, 0.25) is 0 Å². The van der Waals surface area contributed by atoms with Crippen LogP contribution in [-0.4, -0.2) is 23.2 Å². The smallest absolute Gasteiger partial charge is 0.193 e. The molecule has 0 rings (SSSR count). The van der Waals surface area contributed by atoms with Crippen LogP contribution in [0.15, 0.2) is 0 Å². The number of rotatable bonds is 2. The van der Waals surface area contributed by atoms with E-state index in [9.17, 15) is 0 Å². The van der Waals surface area contributed by atoms with Gasteiger partial charge in [-0.05, 0) is 0 Å². The van der Waals surface area contributed by atoms with E-state index >= 15 is 0 Å². The summed E-state index contributed by atoms with van der Waals surface area (Å²) in [7, 11) is 0. The molecule has 8 heavy (non-hydrogen) atoms. The van der Waals surface area contributed by atoms with Crippen LogP contribution in [0.25, 0.3) is 0 Å². The van der Waals surface area contributed by atoms with Crippen LogP contribution in [0.5, 0.6) is 0 Å². The molecule has 0 unspecified atom stereocenters. The van der Waals surface area contributed by atoms with Crippen molar-refractivity contribution in [3.63, 3.8) is 0 Å². The fourth-order valence-electron chi connectivity index (χ4n) is 0.222. The van der Waals surface area contributed by atoms with Crippen LogP contribution in [0.3, 0.4) is 0 Å². The van der Waals surface area contributed by atoms with Gasteiger partial charge in [0, 0.05) is 0 Å². The Morgan fingerprint density at radius 2 is 1.88 bits per heavy atom. The molecular weight excluding hydrogens is 106 g/mol. The van der Waals surface area contributed by atoms with Crippen molar-refractivity contribution in [3.05, 3.63) is 0 Å². The van der Waals surface area contributed by atoms with Crippen LogP contribution in [-0.2, 0) is 0 Å². The molecule has 0 aromatic heterocycles. The van der Waals surface area contributed by atoms with Gasteiger partial charge in [-0.25, -0.2) is 4.90 Å². The molecule has 42 valence electrons. The van der Waals surface area contributed by atoms with E-state index in [0.717, 1.165) is 4.90 Å². The Labute approximate surface area is 47.2 Å². The van der Waals surface area contributed by atoms with Crippen LogP contribution in [0.4, 0.5) is 0 Å². The fourth-order valence-corrected chi connectivity index (χ4v) is 0.222. The van der Waals surface area contributed by atoms with Gasteiger partial charge >= 0.3 is 0 Å². The molecule has 1 N–H and O–H groups in total. The zero-order chi connectivity index (χ0) is 6.41. The minimum absolute atomic E-state index is 0.0903. The van der Waals surface area contributed by atoms with Crippen LogP contribution < -0.4 is 0 Å². The van der Waals surface area contributed by atoms with Crippen molar-refractivity contribution in [1.82, 2.24) is 4.90 Å². The Morgan fingerprint density at radius 3 is 2.00 bits per heavy atom. The lowest BCUT2D eigenvalue weighted by molar-refractivity contribution is 0.269. The molecule has 4 heteroatoms. The summed E-state index contributed by atoms with van der Waals surface area (Å²) in [6.07, 6.45) is 3.13. The van der Waals surface area contributed by atoms with Gasteiger partial charge in [-0.1, -0.05) is 0 Å². The first-order valence-corrected chi connectivity index (χ1v) is 2.03. The summed E-state index contributed by atoms with van der Waals surface area (Å²) in [5, 5.41) is 24.2. The summed E-state index contributed by atoms with van der Waals surface area (Å²) in [6.45, 7) is -0.0753. The van der Waals surface area contributed by atoms with Gasteiger partial charge in [-0.3, -0.25) is 0 Å². The maximum absolute atomic E-state index is 8.16. The van der Waals surface area contributed by atoms with Gasteiger partial charge in [0.05, 0.1) is 13.2 Å². The van der Waals surface area contributed by atoms with Crippen molar-refractivity contribution < 1.29 is 5.11 Å². The molecule has 0 aromatic carbocycles. The lowest BCUT2D eigenvalue weighted by Crippen LogP contribution is -2.14. The average Bonchev–Trinajstić information content (AvgIpc) is 1.83. The van der Waals surface area contributed by atoms with Gasteiger partial charge in [0.15, 0.2) is 12.4 Å². The lowest BCUT2D eigenvalue weighted by Gasteiger charge is -1.97. The van der Waals surface area contributed by atoms with Crippen molar-refractivity contribution in [2.24, 2.45) is 0 Å². The Morgan fingerprint density at radius 1 is 1.38 bits per heavy atom. The molecule has 0 saturated carbocycles. The zero-order valence-corrected chi connectivity index (χ0v) is 4.20. The number of aliphatic hydroxyl groups is 1. The molecule has 0 radical (unpaired) electrons. The number of hydrogen-bond acceptors (Lipinski definition) is 4. The first-order valence-electron chi connectivity index (χ1n) is 2.03. The van der Waals surface area contributed by atoms with E-state index in [1.807, 2.05) is 0 Å². The Kier molecular flexibility index (Phi) is 3.30. The van der Waals surface area contributed by atoms with Crippen molar-refractivity contribution >= 4 is 0 Å². The molecule has 0 aliphatic heterocycles. The average molecular weight is 111 g/mol. The third-order valence-corrected chi connectivity index (χ3v) is 0.565. The second-order valence-corrected chi connectivity index (χ2v) is 1.08. The van der Waals surface area contributed by atoms with Gasteiger partial charge in [0.1, 0.15) is 0 Å². The molecule has 0 aliphatic carbocycles. The van der Waals surface area contributed by atoms with Crippen molar-refractivity contribution in [2.45, 2.75) is 0 Å². The zero-order valence-electron chi connectivity index (χ0n) is 4.20. The van der Waals surface area contributed by atoms with Crippen LogP contribution in [0.1, 0.15) is 0 Å². The van der Waals surface area contributed by atoms with Crippen molar-refractivity contribution in [2.75, 3.05) is 13.2 Å². The molecular formula is C4H5N3O. The van der Waals surface area contributed by atoms with Crippen LogP contribution >= 0.6 is 0 Å². The normalized spacial score (nSPS) is 6.88. The molecule has 0 bridgehead atoms. The molecule has 0 aliphatic rings. The van der Waals surface area contributed by atoms with E-state index in [4.69, 9.17) is 15.6 Å². The Bertz CT molecular complexity index is 117. The van der Waals surface area contributed by atoms with Gasteiger partial charge in [-0.2, -0.15) is 10.5 Å². The molecule has 0 fully saturated rings. The third kappa shape index (κ3) is 2.01. The highest BCUT2D eigenvalue weighted by molar-refractivity contribution is 4.85. The SMILES string of the molecule is N#CN(C#N)CCO. The third-order valence-electron chi connectivity index (χ3n) is 0.565. The van der Waals surface area contributed by atoms with E-state index in [2.05, 4.69) is 0 Å².